The van der Waals surface area contributed by atoms with Crippen molar-refractivity contribution in [3.8, 4) is 28.4 Å². The third kappa shape index (κ3) is 6.84. The summed E-state index contributed by atoms with van der Waals surface area (Å²) in [6, 6.07) is 20.3. The molecule has 3 aliphatic rings. The van der Waals surface area contributed by atoms with Crippen molar-refractivity contribution in [2.45, 2.75) is 25.1 Å². The molecule has 2 atom stereocenters. The number of hydrogen-bond acceptors (Lipinski definition) is 7. The van der Waals surface area contributed by atoms with E-state index in [1.54, 1.807) is 60.5 Å². The summed E-state index contributed by atoms with van der Waals surface area (Å²) in [4.78, 5) is 55.5. The summed E-state index contributed by atoms with van der Waals surface area (Å²) in [6.45, 7) is 0.642. The number of ether oxygens (including phenoxy) is 3. The van der Waals surface area contributed by atoms with Crippen molar-refractivity contribution in [3.63, 3.8) is 0 Å². The van der Waals surface area contributed by atoms with E-state index in [4.69, 9.17) is 25.8 Å². The number of nitrogens with one attached hydrogen (secondary N) is 3. The minimum absolute atomic E-state index is 0.0877. The lowest BCUT2D eigenvalue weighted by Crippen LogP contribution is -2.58. The zero-order valence-electron chi connectivity index (χ0n) is 24.9. The maximum absolute atomic E-state index is 13.8. The number of H-pyrrole nitrogens is 1. The fraction of sp³-hybridized carbons (Fsp3) is 0.235. The largest absolute Gasteiger partial charge is 0.496 e. The Balaban J connectivity index is 1.34. The minimum atomic E-state index is -0.588. The van der Waals surface area contributed by atoms with Crippen molar-refractivity contribution in [3.05, 3.63) is 111 Å². The molecule has 0 saturated carbocycles. The van der Waals surface area contributed by atoms with Gasteiger partial charge in [0.2, 0.25) is 0 Å². The highest BCUT2D eigenvalue weighted by molar-refractivity contribution is 6.30. The van der Waals surface area contributed by atoms with E-state index in [0.29, 0.717) is 47.9 Å². The number of carbonyl (C=O) groups excluding carboxylic acids is 3. The van der Waals surface area contributed by atoms with Crippen LogP contribution in [0.25, 0.3) is 11.1 Å². The van der Waals surface area contributed by atoms with Crippen LogP contribution in [0.15, 0.2) is 83.8 Å². The Morgan fingerprint density at radius 3 is 2.59 bits per heavy atom. The van der Waals surface area contributed by atoms with Crippen LogP contribution in [-0.4, -0.2) is 66.6 Å². The topological polar surface area (TPSA) is 139 Å². The molecule has 7 rings (SSSR count). The van der Waals surface area contributed by atoms with Gasteiger partial charge in [0.1, 0.15) is 28.4 Å². The maximum Gasteiger partial charge on any atom is 0.266 e. The van der Waals surface area contributed by atoms with Gasteiger partial charge < -0.3 is 34.7 Å². The number of benzene rings is 3. The number of rotatable bonds is 2. The van der Waals surface area contributed by atoms with Gasteiger partial charge in [0.05, 0.1) is 18.7 Å². The first kappa shape index (κ1) is 30.7. The van der Waals surface area contributed by atoms with E-state index < -0.39 is 17.7 Å². The van der Waals surface area contributed by atoms with Gasteiger partial charge in [-0.25, -0.2) is 0 Å². The number of methoxy groups -OCH3 is 1. The standard InChI is InChI=1S/C34H31ClN4O7/c1-44-29-10-7-22-14-26(29)21-3-2-4-25(13-21)45-19-31(40)36-16-20-5-8-24(9-6-20)46-30-11-12-39(18-28(30)38-32(22)41)34(43)23-15-27(35)33(42)37-17-23/h2-10,13-15,17,28,30H,11-12,16,18-19H2,1H3,(H,36,40)(H,37,42)(H,38,41)/t28-,30-/m1/s1. The Morgan fingerprint density at radius 1 is 0.978 bits per heavy atom. The van der Waals surface area contributed by atoms with Crippen LogP contribution in [0.3, 0.4) is 0 Å². The second kappa shape index (κ2) is 13.4. The number of piperidine rings is 1. The normalized spacial score (nSPS) is 18.3. The number of pyridine rings is 1. The molecule has 12 heteroatoms. The lowest BCUT2D eigenvalue weighted by molar-refractivity contribution is -0.123. The van der Waals surface area contributed by atoms with E-state index in [2.05, 4.69) is 15.6 Å². The Labute approximate surface area is 269 Å². The first-order valence-corrected chi connectivity index (χ1v) is 15.1. The van der Waals surface area contributed by atoms with Gasteiger partial charge in [0.15, 0.2) is 6.61 Å². The molecule has 3 aliphatic heterocycles. The van der Waals surface area contributed by atoms with Crippen LogP contribution in [0.5, 0.6) is 17.2 Å². The van der Waals surface area contributed by atoms with Gasteiger partial charge in [0, 0.05) is 43.4 Å². The Kier molecular flexibility index (Phi) is 8.93. The number of carbonyl (C=O) groups is 3. The molecule has 0 radical (unpaired) electrons. The molecule has 1 fully saturated rings. The van der Waals surface area contributed by atoms with Gasteiger partial charge in [-0.2, -0.15) is 0 Å². The van der Waals surface area contributed by atoms with E-state index >= 15 is 0 Å². The molecule has 236 valence electrons. The first-order valence-electron chi connectivity index (χ1n) is 14.7. The average Bonchev–Trinajstić information content (AvgIpc) is 3.08. The lowest BCUT2D eigenvalue weighted by atomic mass is 9.98. The van der Waals surface area contributed by atoms with E-state index in [1.165, 1.54) is 12.3 Å². The molecule has 0 unspecified atom stereocenters. The fourth-order valence-corrected chi connectivity index (χ4v) is 5.67. The van der Waals surface area contributed by atoms with Crippen LogP contribution in [-0.2, 0) is 11.3 Å². The van der Waals surface area contributed by atoms with Gasteiger partial charge in [-0.1, -0.05) is 35.9 Å². The number of nitrogens with zero attached hydrogens (tertiary/aromatic N) is 1. The van der Waals surface area contributed by atoms with Gasteiger partial charge in [-0.3, -0.25) is 19.2 Å². The first-order chi connectivity index (χ1) is 22.3. The van der Waals surface area contributed by atoms with Crippen LogP contribution in [0.4, 0.5) is 0 Å². The third-order valence-electron chi connectivity index (χ3n) is 7.94. The maximum atomic E-state index is 13.8. The monoisotopic (exact) mass is 642 g/mol. The van der Waals surface area contributed by atoms with Gasteiger partial charge >= 0.3 is 0 Å². The average molecular weight is 643 g/mol. The van der Waals surface area contributed by atoms with Gasteiger partial charge in [-0.05, 0) is 59.7 Å². The Hall–Kier alpha value is -5.29. The smallest absolute Gasteiger partial charge is 0.266 e. The number of hydrogen-bond donors (Lipinski definition) is 3. The second-order valence-corrected chi connectivity index (χ2v) is 11.4. The zero-order valence-corrected chi connectivity index (χ0v) is 25.6. The minimum Gasteiger partial charge on any atom is -0.496 e. The molecule has 1 saturated heterocycles. The van der Waals surface area contributed by atoms with Crippen LogP contribution in [0.2, 0.25) is 5.02 Å². The molecule has 1 aromatic heterocycles. The van der Waals surface area contributed by atoms with Crippen LogP contribution in [0, 0.1) is 0 Å². The molecule has 6 bridgehead atoms. The zero-order chi connectivity index (χ0) is 32.2. The highest BCUT2D eigenvalue weighted by Gasteiger charge is 2.35. The van der Waals surface area contributed by atoms with E-state index in [0.717, 1.165) is 11.1 Å². The Morgan fingerprint density at radius 2 is 1.80 bits per heavy atom. The molecule has 0 aliphatic carbocycles. The highest BCUT2D eigenvalue weighted by atomic mass is 35.5. The predicted octanol–water partition coefficient (Wildman–Crippen LogP) is 3.80. The molecule has 4 aromatic rings. The number of fused-ring (bicyclic) bond motifs is 7. The summed E-state index contributed by atoms with van der Waals surface area (Å²) in [6.07, 6.45) is 1.29. The molecular formula is C34H31ClN4O7. The van der Waals surface area contributed by atoms with Crippen molar-refractivity contribution in [1.29, 1.82) is 0 Å². The van der Waals surface area contributed by atoms with Crippen molar-refractivity contribution in [2.24, 2.45) is 0 Å². The van der Waals surface area contributed by atoms with Gasteiger partial charge in [-0.15, -0.1) is 0 Å². The number of amides is 3. The molecular weight excluding hydrogens is 612 g/mol. The third-order valence-corrected chi connectivity index (χ3v) is 8.22. The summed E-state index contributed by atoms with van der Waals surface area (Å²) in [5.41, 5.74) is 2.37. The molecule has 3 amide bonds. The number of halogens is 1. The van der Waals surface area contributed by atoms with E-state index in [1.807, 2.05) is 18.2 Å². The molecule has 4 heterocycles. The van der Waals surface area contributed by atoms with E-state index in [-0.39, 0.29) is 41.5 Å². The van der Waals surface area contributed by atoms with Crippen molar-refractivity contribution < 1.29 is 28.6 Å². The number of aromatic nitrogens is 1. The predicted molar refractivity (Wildman–Crippen MR) is 170 cm³/mol. The SMILES string of the molecule is COc1ccc2cc1-c1cccc(c1)OCC(=O)NCc1ccc(cc1)O[C@@H]1CCN(C(=O)c3c[nH]c(=O)c(Cl)c3)C[C@H]1NC2=O. The van der Waals surface area contributed by atoms with Crippen LogP contribution in [0.1, 0.15) is 32.7 Å². The molecule has 46 heavy (non-hydrogen) atoms. The summed E-state index contributed by atoms with van der Waals surface area (Å²) >= 11 is 5.98. The number of aromatic amines is 1. The summed E-state index contributed by atoms with van der Waals surface area (Å²) in [5, 5.41) is 5.87. The second-order valence-electron chi connectivity index (χ2n) is 11.0. The summed E-state index contributed by atoms with van der Waals surface area (Å²) < 4.78 is 17.7. The molecule has 3 aromatic carbocycles. The van der Waals surface area contributed by atoms with Gasteiger partial charge in [0.25, 0.3) is 23.3 Å². The number of likely N-dealkylation sites (tertiary alicyclic amines) is 1. The molecule has 11 nitrogen and oxygen atoms in total. The van der Waals surface area contributed by atoms with Crippen molar-refractivity contribution in [2.75, 3.05) is 26.8 Å². The quantitative estimate of drug-likeness (QED) is 0.302. The van der Waals surface area contributed by atoms with E-state index in [9.17, 15) is 19.2 Å². The summed E-state index contributed by atoms with van der Waals surface area (Å²) in [5.74, 6) is 0.639. The van der Waals surface area contributed by atoms with Crippen LogP contribution < -0.4 is 30.4 Å². The lowest BCUT2D eigenvalue weighted by Gasteiger charge is -2.39. The fourth-order valence-electron chi connectivity index (χ4n) is 5.50. The molecule has 0 spiro atoms. The van der Waals surface area contributed by atoms with Crippen LogP contribution >= 0.6 is 11.6 Å². The highest BCUT2D eigenvalue weighted by Crippen LogP contribution is 2.33. The van der Waals surface area contributed by atoms with Crippen molar-refractivity contribution in [1.82, 2.24) is 20.5 Å². The Bertz CT molecular complexity index is 1840. The summed E-state index contributed by atoms with van der Waals surface area (Å²) in [7, 11) is 1.55. The van der Waals surface area contributed by atoms with Crippen molar-refractivity contribution >= 4 is 29.3 Å². The molecule has 3 N–H and O–H groups in total.